The lowest BCUT2D eigenvalue weighted by Gasteiger charge is -2.35. The quantitative estimate of drug-likeness (QED) is 0.800. The summed E-state index contributed by atoms with van der Waals surface area (Å²) in [5, 5.41) is 0. The van der Waals surface area contributed by atoms with E-state index in [4.69, 9.17) is 0 Å². The minimum absolute atomic E-state index is 0.0654. The van der Waals surface area contributed by atoms with Crippen LogP contribution in [0.25, 0.3) is 0 Å². The van der Waals surface area contributed by atoms with E-state index < -0.39 is 0 Å². The molecule has 0 atom stereocenters. The number of piperazine rings is 2. The SMILES string of the molecule is CCN1CCN(C(=O)c2cnc(N3CCN(CC)CC3)nc2C)CC1. The highest BCUT2D eigenvalue weighted by Crippen LogP contribution is 2.16. The number of anilines is 1. The molecule has 0 aromatic carbocycles. The van der Waals surface area contributed by atoms with Crippen LogP contribution in [0.5, 0.6) is 0 Å². The molecule has 0 bridgehead atoms. The van der Waals surface area contributed by atoms with E-state index in [1.54, 1.807) is 6.20 Å². The van der Waals surface area contributed by atoms with Crippen molar-refractivity contribution in [3.8, 4) is 0 Å². The minimum Gasteiger partial charge on any atom is -0.338 e. The number of nitrogens with zero attached hydrogens (tertiary/aromatic N) is 6. The molecule has 0 radical (unpaired) electrons. The summed E-state index contributed by atoms with van der Waals surface area (Å²) in [6, 6.07) is 0. The highest BCUT2D eigenvalue weighted by molar-refractivity contribution is 5.95. The Morgan fingerprint density at radius 3 is 2.04 bits per heavy atom. The van der Waals surface area contributed by atoms with Crippen LogP contribution < -0.4 is 4.90 Å². The van der Waals surface area contributed by atoms with Crippen LogP contribution in [-0.2, 0) is 0 Å². The van der Waals surface area contributed by atoms with Gasteiger partial charge in [-0.15, -0.1) is 0 Å². The van der Waals surface area contributed by atoms with Gasteiger partial charge < -0.3 is 19.6 Å². The van der Waals surface area contributed by atoms with Gasteiger partial charge in [-0.3, -0.25) is 4.79 Å². The van der Waals surface area contributed by atoms with E-state index in [1.807, 2.05) is 11.8 Å². The van der Waals surface area contributed by atoms with Crippen molar-refractivity contribution in [1.29, 1.82) is 0 Å². The largest absolute Gasteiger partial charge is 0.338 e. The highest BCUT2D eigenvalue weighted by Gasteiger charge is 2.24. The van der Waals surface area contributed by atoms with Crippen molar-refractivity contribution in [3.05, 3.63) is 17.5 Å². The lowest BCUT2D eigenvalue weighted by atomic mass is 10.2. The molecule has 0 aliphatic carbocycles. The summed E-state index contributed by atoms with van der Waals surface area (Å²) in [6.07, 6.45) is 1.72. The van der Waals surface area contributed by atoms with Crippen LogP contribution in [0.2, 0.25) is 0 Å². The predicted octanol–water partition coefficient (Wildman–Crippen LogP) is 0.705. The van der Waals surface area contributed by atoms with Crippen LogP contribution in [0.4, 0.5) is 5.95 Å². The predicted molar refractivity (Wildman–Crippen MR) is 99.1 cm³/mol. The van der Waals surface area contributed by atoms with Crippen molar-refractivity contribution in [2.45, 2.75) is 20.8 Å². The Bertz CT molecular complexity index is 591. The van der Waals surface area contributed by atoms with Crippen LogP contribution in [0.1, 0.15) is 29.9 Å². The van der Waals surface area contributed by atoms with Crippen molar-refractivity contribution in [1.82, 2.24) is 24.7 Å². The Morgan fingerprint density at radius 2 is 1.52 bits per heavy atom. The maximum Gasteiger partial charge on any atom is 0.257 e. The van der Waals surface area contributed by atoms with Crippen LogP contribution >= 0.6 is 0 Å². The Kier molecular flexibility index (Phi) is 5.86. The maximum atomic E-state index is 12.8. The molecule has 3 rings (SSSR count). The number of hydrogen-bond donors (Lipinski definition) is 0. The second-order valence-corrected chi connectivity index (χ2v) is 6.82. The fraction of sp³-hybridized carbons (Fsp3) is 0.722. The summed E-state index contributed by atoms with van der Waals surface area (Å²) < 4.78 is 0. The molecule has 2 saturated heterocycles. The zero-order valence-corrected chi connectivity index (χ0v) is 15.7. The molecule has 2 fully saturated rings. The molecule has 25 heavy (non-hydrogen) atoms. The molecular weight excluding hydrogens is 316 g/mol. The number of aromatic nitrogens is 2. The normalized spacial score (nSPS) is 20.1. The van der Waals surface area contributed by atoms with Crippen LogP contribution in [-0.4, -0.2) is 96.0 Å². The highest BCUT2D eigenvalue weighted by atomic mass is 16.2. The third kappa shape index (κ3) is 4.10. The van der Waals surface area contributed by atoms with Gasteiger partial charge in [0.25, 0.3) is 5.91 Å². The van der Waals surface area contributed by atoms with Gasteiger partial charge >= 0.3 is 0 Å². The van der Waals surface area contributed by atoms with Crippen LogP contribution in [0.15, 0.2) is 6.20 Å². The first kappa shape index (κ1) is 18.1. The summed E-state index contributed by atoms with van der Waals surface area (Å²) in [7, 11) is 0. The Labute approximate surface area is 150 Å². The number of aryl methyl sites for hydroxylation is 1. The van der Waals surface area contributed by atoms with Gasteiger partial charge in [0.15, 0.2) is 0 Å². The van der Waals surface area contributed by atoms with Crippen LogP contribution in [0, 0.1) is 6.92 Å². The van der Waals surface area contributed by atoms with Gasteiger partial charge in [-0.2, -0.15) is 0 Å². The molecule has 0 spiro atoms. The number of likely N-dealkylation sites (N-methyl/N-ethyl adjacent to an activating group) is 2. The molecule has 0 N–H and O–H groups in total. The number of carbonyl (C=O) groups excluding carboxylic acids is 1. The second-order valence-electron chi connectivity index (χ2n) is 6.82. The first-order valence-corrected chi connectivity index (χ1v) is 9.45. The van der Waals surface area contributed by atoms with Gasteiger partial charge in [-0.05, 0) is 20.0 Å². The van der Waals surface area contributed by atoms with Crippen molar-refractivity contribution in [2.24, 2.45) is 0 Å². The van der Waals surface area contributed by atoms with Gasteiger partial charge in [-0.25, -0.2) is 9.97 Å². The van der Waals surface area contributed by atoms with Crippen molar-refractivity contribution in [3.63, 3.8) is 0 Å². The van der Waals surface area contributed by atoms with Crippen LogP contribution in [0.3, 0.4) is 0 Å². The summed E-state index contributed by atoms with van der Waals surface area (Å²) in [4.78, 5) is 30.9. The third-order valence-corrected chi connectivity index (χ3v) is 5.41. The van der Waals surface area contributed by atoms with Crippen molar-refractivity contribution in [2.75, 3.05) is 70.3 Å². The first-order chi connectivity index (χ1) is 12.1. The number of amides is 1. The molecule has 1 aromatic heterocycles. The third-order valence-electron chi connectivity index (χ3n) is 5.41. The summed E-state index contributed by atoms with van der Waals surface area (Å²) in [6.45, 7) is 15.8. The first-order valence-electron chi connectivity index (χ1n) is 9.45. The minimum atomic E-state index is 0.0654. The van der Waals surface area contributed by atoms with Gasteiger partial charge in [0, 0.05) is 58.6 Å². The molecular formula is C18H30N6O. The number of hydrogen-bond acceptors (Lipinski definition) is 6. The van der Waals surface area contributed by atoms with E-state index in [1.165, 1.54) is 0 Å². The van der Waals surface area contributed by atoms with Crippen molar-refractivity contribution >= 4 is 11.9 Å². The van der Waals surface area contributed by atoms with E-state index in [-0.39, 0.29) is 5.91 Å². The summed E-state index contributed by atoms with van der Waals surface area (Å²) in [5.74, 6) is 0.816. The Hall–Kier alpha value is -1.73. The molecule has 1 aromatic rings. The standard InChI is InChI=1S/C18H30N6O/c1-4-21-6-10-23(11-7-21)17(25)16-14-19-18(20-15(16)3)24-12-8-22(5-2)9-13-24/h14H,4-13H2,1-3H3. The lowest BCUT2D eigenvalue weighted by Crippen LogP contribution is -2.48. The molecule has 7 heteroatoms. The van der Waals surface area contributed by atoms with E-state index in [0.29, 0.717) is 5.56 Å². The van der Waals surface area contributed by atoms with Gasteiger partial charge in [0.2, 0.25) is 5.95 Å². The smallest absolute Gasteiger partial charge is 0.257 e. The number of rotatable bonds is 4. The molecule has 2 aliphatic heterocycles. The second kappa shape index (κ2) is 8.10. The van der Waals surface area contributed by atoms with Gasteiger partial charge in [-0.1, -0.05) is 13.8 Å². The van der Waals surface area contributed by atoms with E-state index >= 15 is 0 Å². The van der Waals surface area contributed by atoms with Gasteiger partial charge in [0.05, 0.1) is 11.3 Å². The average molecular weight is 346 g/mol. The molecule has 0 unspecified atom stereocenters. The topological polar surface area (TPSA) is 55.8 Å². The monoisotopic (exact) mass is 346 g/mol. The average Bonchev–Trinajstić information content (AvgIpc) is 2.67. The Balaban J connectivity index is 1.65. The Morgan fingerprint density at radius 1 is 0.960 bits per heavy atom. The fourth-order valence-corrected chi connectivity index (χ4v) is 3.52. The summed E-state index contributed by atoms with van der Waals surface area (Å²) in [5.41, 5.74) is 1.42. The zero-order valence-electron chi connectivity index (χ0n) is 15.7. The zero-order chi connectivity index (χ0) is 17.8. The fourth-order valence-electron chi connectivity index (χ4n) is 3.52. The van der Waals surface area contributed by atoms with E-state index in [2.05, 4.69) is 38.5 Å². The summed E-state index contributed by atoms with van der Waals surface area (Å²) >= 11 is 0. The van der Waals surface area contributed by atoms with E-state index in [9.17, 15) is 4.79 Å². The lowest BCUT2D eigenvalue weighted by molar-refractivity contribution is 0.0641. The molecule has 0 saturated carbocycles. The molecule has 3 heterocycles. The molecule has 2 aliphatic rings. The number of carbonyl (C=O) groups is 1. The molecule has 138 valence electrons. The molecule has 1 amide bonds. The van der Waals surface area contributed by atoms with E-state index in [0.717, 1.165) is 77.1 Å². The maximum absolute atomic E-state index is 12.8. The van der Waals surface area contributed by atoms with Crippen molar-refractivity contribution < 1.29 is 4.79 Å². The molecule has 7 nitrogen and oxygen atoms in total. The van der Waals surface area contributed by atoms with Gasteiger partial charge in [0.1, 0.15) is 0 Å².